The third kappa shape index (κ3) is 3.46. The fraction of sp³-hybridized carbons (Fsp3) is 0.0435. The second-order valence-corrected chi connectivity index (χ2v) is 7.55. The lowest BCUT2D eigenvalue weighted by molar-refractivity contribution is 0.0475. The molecule has 3 heterocycles. The van der Waals surface area contributed by atoms with E-state index in [0.717, 1.165) is 26.1 Å². The average Bonchev–Trinajstić information content (AvgIpc) is 3.20. The SMILES string of the molecule is O=C(OCc1nc2ccccc2s1)c1cc(-c2ccccn2)nc2ccccc12. The number of para-hydroxylation sites is 2. The Hall–Kier alpha value is -3.64. The fourth-order valence-corrected chi connectivity index (χ4v) is 4.06. The van der Waals surface area contributed by atoms with Crippen molar-refractivity contribution in [3.05, 3.63) is 89.6 Å². The van der Waals surface area contributed by atoms with Crippen molar-refractivity contribution in [1.82, 2.24) is 15.0 Å². The predicted molar refractivity (Wildman–Crippen MR) is 114 cm³/mol. The van der Waals surface area contributed by atoms with Crippen molar-refractivity contribution in [3.8, 4) is 11.4 Å². The molecule has 6 heteroatoms. The zero-order chi connectivity index (χ0) is 19.6. The molecule has 0 saturated carbocycles. The van der Waals surface area contributed by atoms with Crippen molar-refractivity contribution in [2.24, 2.45) is 0 Å². The molecule has 0 aliphatic carbocycles. The second kappa shape index (κ2) is 7.41. The Bertz CT molecular complexity index is 1300. The van der Waals surface area contributed by atoms with Crippen LogP contribution in [0.4, 0.5) is 0 Å². The third-order valence-electron chi connectivity index (χ3n) is 4.53. The first kappa shape index (κ1) is 17.5. The summed E-state index contributed by atoms with van der Waals surface area (Å²) in [7, 11) is 0. The number of pyridine rings is 2. The summed E-state index contributed by atoms with van der Waals surface area (Å²) in [5.74, 6) is -0.403. The Morgan fingerprint density at radius 3 is 2.48 bits per heavy atom. The van der Waals surface area contributed by atoms with Gasteiger partial charge in [-0.2, -0.15) is 0 Å². The highest BCUT2D eigenvalue weighted by Gasteiger charge is 2.16. The smallest absolute Gasteiger partial charge is 0.339 e. The molecule has 0 fully saturated rings. The molecule has 0 spiro atoms. The molecule has 2 aromatic carbocycles. The molecule has 0 radical (unpaired) electrons. The quantitative estimate of drug-likeness (QED) is 0.387. The van der Waals surface area contributed by atoms with Crippen molar-refractivity contribution >= 4 is 38.4 Å². The van der Waals surface area contributed by atoms with E-state index in [0.29, 0.717) is 17.0 Å². The molecule has 0 N–H and O–H groups in total. The number of rotatable bonds is 4. The normalized spacial score (nSPS) is 11.0. The number of hydrogen-bond acceptors (Lipinski definition) is 6. The van der Waals surface area contributed by atoms with Gasteiger partial charge in [-0.05, 0) is 36.4 Å². The Morgan fingerprint density at radius 1 is 0.862 bits per heavy atom. The van der Waals surface area contributed by atoms with E-state index in [1.54, 1.807) is 12.3 Å². The number of carbonyl (C=O) groups is 1. The summed E-state index contributed by atoms with van der Waals surface area (Å²) in [6, 6.07) is 22.8. The first-order valence-corrected chi connectivity index (χ1v) is 9.92. The van der Waals surface area contributed by atoms with Crippen molar-refractivity contribution < 1.29 is 9.53 Å². The number of hydrogen-bond donors (Lipinski definition) is 0. The summed E-state index contributed by atoms with van der Waals surface area (Å²) in [5.41, 5.74) is 3.45. The number of nitrogens with zero attached hydrogens (tertiary/aromatic N) is 3. The van der Waals surface area contributed by atoms with Crippen molar-refractivity contribution in [1.29, 1.82) is 0 Å². The second-order valence-electron chi connectivity index (χ2n) is 6.44. The van der Waals surface area contributed by atoms with E-state index in [4.69, 9.17) is 4.74 Å². The molecule has 3 aromatic heterocycles. The molecular weight excluding hydrogens is 382 g/mol. The molecule has 0 amide bonds. The summed E-state index contributed by atoms with van der Waals surface area (Å²) in [6.07, 6.45) is 1.71. The van der Waals surface area contributed by atoms with Crippen molar-refractivity contribution in [3.63, 3.8) is 0 Å². The minimum absolute atomic E-state index is 0.133. The number of benzene rings is 2. The maximum Gasteiger partial charge on any atom is 0.339 e. The van der Waals surface area contributed by atoms with Crippen LogP contribution >= 0.6 is 11.3 Å². The summed E-state index contributed by atoms with van der Waals surface area (Å²) >= 11 is 1.53. The minimum Gasteiger partial charge on any atom is -0.455 e. The van der Waals surface area contributed by atoms with Crippen molar-refractivity contribution in [2.75, 3.05) is 0 Å². The third-order valence-corrected chi connectivity index (χ3v) is 5.54. The number of aromatic nitrogens is 3. The largest absolute Gasteiger partial charge is 0.455 e. The van der Waals surface area contributed by atoms with E-state index in [-0.39, 0.29) is 6.61 Å². The number of ether oxygens (including phenoxy) is 1. The first-order valence-electron chi connectivity index (χ1n) is 9.11. The van der Waals surface area contributed by atoms with Gasteiger partial charge in [-0.1, -0.05) is 36.4 Å². The topological polar surface area (TPSA) is 65.0 Å². The monoisotopic (exact) mass is 397 g/mol. The summed E-state index contributed by atoms with van der Waals surface area (Å²) < 4.78 is 6.68. The molecular formula is C23H15N3O2S. The zero-order valence-corrected chi connectivity index (χ0v) is 16.1. The standard InChI is InChI=1S/C23H15N3O2S/c27-23(28-14-22-26-19-10-3-4-11-21(19)29-22)16-13-20(18-9-5-6-12-24-18)25-17-8-2-1-7-15(16)17/h1-13H,14H2. The molecule has 140 valence electrons. The van der Waals surface area contributed by atoms with E-state index < -0.39 is 5.97 Å². The molecule has 0 aliphatic heterocycles. The van der Waals surface area contributed by atoms with Crippen LogP contribution in [-0.2, 0) is 11.3 Å². The van der Waals surface area contributed by atoms with E-state index in [9.17, 15) is 4.79 Å². The lowest BCUT2D eigenvalue weighted by atomic mass is 10.1. The highest BCUT2D eigenvalue weighted by Crippen LogP contribution is 2.26. The van der Waals surface area contributed by atoms with Crippen LogP contribution in [-0.4, -0.2) is 20.9 Å². The molecule has 0 aliphatic rings. The van der Waals surface area contributed by atoms with Crippen LogP contribution in [0.2, 0.25) is 0 Å². The van der Waals surface area contributed by atoms with Crippen LogP contribution in [0.1, 0.15) is 15.4 Å². The highest BCUT2D eigenvalue weighted by molar-refractivity contribution is 7.18. The number of esters is 1. The van der Waals surface area contributed by atoms with Gasteiger partial charge in [-0.15, -0.1) is 11.3 Å². The first-order chi connectivity index (χ1) is 14.3. The number of fused-ring (bicyclic) bond motifs is 2. The Kier molecular flexibility index (Phi) is 4.46. The van der Waals surface area contributed by atoms with Crippen LogP contribution in [0.5, 0.6) is 0 Å². The molecule has 5 nitrogen and oxygen atoms in total. The molecule has 5 aromatic rings. The predicted octanol–water partition coefficient (Wildman–Crippen LogP) is 5.26. The van der Waals surface area contributed by atoms with E-state index in [2.05, 4.69) is 15.0 Å². The lowest BCUT2D eigenvalue weighted by Gasteiger charge is -2.09. The average molecular weight is 397 g/mol. The number of thiazole rings is 1. The van der Waals surface area contributed by atoms with Gasteiger partial charge in [-0.25, -0.2) is 14.8 Å². The number of carbonyl (C=O) groups excluding carboxylic acids is 1. The minimum atomic E-state index is -0.403. The Balaban J connectivity index is 1.48. The van der Waals surface area contributed by atoms with Gasteiger partial charge in [0.2, 0.25) is 0 Å². The Labute approximate surface area is 170 Å². The molecule has 0 saturated heterocycles. The van der Waals surface area contributed by atoms with Gasteiger partial charge in [0.1, 0.15) is 11.6 Å². The molecule has 0 bridgehead atoms. The van der Waals surface area contributed by atoms with Crippen LogP contribution in [0.15, 0.2) is 79.0 Å². The van der Waals surface area contributed by atoms with E-state index in [1.807, 2.05) is 66.7 Å². The summed E-state index contributed by atoms with van der Waals surface area (Å²) in [6.45, 7) is 0.133. The molecule has 0 atom stereocenters. The maximum atomic E-state index is 12.9. The van der Waals surface area contributed by atoms with E-state index in [1.165, 1.54) is 11.3 Å². The van der Waals surface area contributed by atoms with Gasteiger partial charge >= 0.3 is 5.97 Å². The van der Waals surface area contributed by atoms with Gasteiger partial charge in [-0.3, -0.25) is 4.98 Å². The maximum absolute atomic E-state index is 12.9. The van der Waals surface area contributed by atoms with Crippen LogP contribution < -0.4 is 0 Å². The van der Waals surface area contributed by atoms with E-state index >= 15 is 0 Å². The van der Waals surface area contributed by atoms with Gasteiger partial charge in [0.05, 0.1) is 32.7 Å². The lowest BCUT2D eigenvalue weighted by Crippen LogP contribution is -2.07. The highest BCUT2D eigenvalue weighted by atomic mass is 32.1. The summed E-state index contributed by atoms with van der Waals surface area (Å²) in [5, 5.41) is 1.52. The van der Waals surface area contributed by atoms with Crippen LogP contribution in [0, 0.1) is 0 Å². The van der Waals surface area contributed by atoms with Crippen LogP contribution in [0.25, 0.3) is 32.5 Å². The van der Waals surface area contributed by atoms with Gasteiger partial charge in [0, 0.05) is 11.6 Å². The van der Waals surface area contributed by atoms with Gasteiger partial charge < -0.3 is 4.74 Å². The fourth-order valence-electron chi connectivity index (χ4n) is 3.18. The van der Waals surface area contributed by atoms with Crippen LogP contribution in [0.3, 0.4) is 0 Å². The zero-order valence-electron chi connectivity index (χ0n) is 15.3. The van der Waals surface area contributed by atoms with Gasteiger partial charge in [0.15, 0.2) is 0 Å². The Morgan fingerprint density at radius 2 is 1.66 bits per heavy atom. The van der Waals surface area contributed by atoms with Gasteiger partial charge in [0.25, 0.3) is 0 Å². The molecule has 29 heavy (non-hydrogen) atoms. The molecule has 5 rings (SSSR count). The molecule has 0 unspecified atom stereocenters. The van der Waals surface area contributed by atoms with Crippen molar-refractivity contribution in [2.45, 2.75) is 6.61 Å². The summed E-state index contributed by atoms with van der Waals surface area (Å²) in [4.78, 5) is 26.5.